The summed E-state index contributed by atoms with van der Waals surface area (Å²) in [5.74, 6) is 4.77. The quantitative estimate of drug-likeness (QED) is 0.200. The second-order valence-electron chi connectivity index (χ2n) is 10.2. The van der Waals surface area contributed by atoms with Gasteiger partial charge in [0.25, 0.3) is 5.91 Å². The van der Waals surface area contributed by atoms with Gasteiger partial charge in [0.2, 0.25) is 5.91 Å². The number of nitrogens with one attached hydrogen (secondary N) is 1. The third-order valence-corrected chi connectivity index (χ3v) is 7.67. The summed E-state index contributed by atoms with van der Waals surface area (Å²) in [6.45, 7) is 0. The summed E-state index contributed by atoms with van der Waals surface area (Å²) in [7, 11) is 0. The maximum atomic E-state index is 13.8. The van der Waals surface area contributed by atoms with E-state index in [9.17, 15) is 22.8 Å². The number of hydrogen-bond acceptors (Lipinski definition) is 6. The molecule has 208 valence electrons. The average Bonchev–Trinajstić information content (AvgIpc) is 3.62. The molecule has 0 saturated heterocycles. The van der Waals surface area contributed by atoms with Gasteiger partial charge >= 0.3 is 6.36 Å². The lowest BCUT2D eigenvalue weighted by Gasteiger charge is -2.48. The summed E-state index contributed by atoms with van der Waals surface area (Å²) < 4.78 is 41.8. The number of para-hydroxylation sites is 1. The van der Waals surface area contributed by atoms with Crippen LogP contribution in [0.2, 0.25) is 0 Å². The van der Waals surface area contributed by atoms with Crippen LogP contribution in [0.25, 0.3) is 0 Å². The fourth-order valence-electron chi connectivity index (χ4n) is 6.02. The number of amidine groups is 1. The second kappa shape index (κ2) is 10.8. The maximum Gasteiger partial charge on any atom is 0.573 e. The number of nitrogens with zero attached hydrogens (tertiary/aromatic N) is 3. The number of ether oxygens (including phenoxy) is 1. The highest BCUT2D eigenvalue weighted by Gasteiger charge is 2.51. The number of alkyl halides is 3. The molecule has 3 unspecified atom stereocenters. The molecule has 2 amide bonds. The number of rotatable bonds is 8. The molecule has 12 heteroatoms. The predicted octanol–water partition coefficient (Wildman–Crippen LogP) is 3.96. The van der Waals surface area contributed by atoms with E-state index < -0.39 is 6.36 Å². The van der Waals surface area contributed by atoms with Gasteiger partial charge < -0.3 is 20.3 Å². The molecule has 0 spiro atoms. The lowest BCUT2D eigenvalue weighted by molar-refractivity contribution is -0.274. The van der Waals surface area contributed by atoms with Gasteiger partial charge in [-0.05, 0) is 61.6 Å². The average molecular weight is 545 g/mol. The summed E-state index contributed by atoms with van der Waals surface area (Å²) in [4.78, 5) is 31.2. The van der Waals surface area contributed by atoms with Crippen LogP contribution in [0.4, 0.5) is 18.9 Å². The molecule has 0 aromatic heterocycles. The lowest BCUT2D eigenvalue weighted by Crippen LogP contribution is -2.53. The first kappa shape index (κ1) is 26.8. The highest BCUT2D eigenvalue weighted by molar-refractivity contribution is 6.07. The van der Waals surface area contributed by atoms with E-state index in [1.54, 1.807) is 4.90 Å². The minimum Gasteiger partial charge on any atom is -0.406 e. The summed E-state index contributed by atoms with van der Waals surface area (Å²) in [5, 5.41) is 3.74. The van der Waals surface area contributed by atoms with Gasteiger partial charge in [0, 0.05) is 42.1 Å². The van der Waals surface area contributed by atoms with Crippen molar-refractivity contribution < 1.29 is 27.5 Å². The fraction of sp³-hybridized carbons (Fsp3) is 0.444. The van der Waals surface area contributed by atoms with E-state index in [0.717, 1.165) is 55.5 Å². The molecule has 2 saturated carbocycles. The highest BCUT2D eigenvalue weighted by Crippen LogP contribution is 2.53. The number of hydrogen-bond donors (Lipinski definition) is 3. The minimum atomic E-state index is -4.81. The van der Waals surface area contributed by atoms with E-state index in [0.29, 0.717) is 0 Å². The van der Waals surface area contributed by atoms with E-state index in [2.05, 4.69) is 15.4 Å². The molecule has 0 bridgehead atoms. The lowest BCUT2D eigenvalue weighted by atomic mass is 9.81. The number of hydrazone groups is 1. The molecule has 3 aliphatic rings. The van der Waals surface area contributed by atoms with Crippen LogP contribution in [0.1, 0.15) is 66.9 Å². The van der Waals surface area contributed by atoms with Gasteiger partial charge in [-0.3, -0.25) is 9.59 Å². The molecular formula is C27H31F3N6O3. The van der Waals surface area contributed by atoms with E-state index in [4.69, 9.17) is 11.6 Å². The topological polar surface area (TPSA) is 126 Å². The van der Waals surface area contributed by atoms with Crippen LogP contribution in [0.3, 0.4) is 0 Å². The van der Waals surface area contributed by atoms with Gasteiger partial charge in [0.15, 0.2) is 0 Å². The molecule has 5 N–H and O–H groups in total. The predicted molar refractivity (Wildman–Crippen MR) is 138 cm³/mol. The van der Waals surface area contributed by atoms with E-state index in [1.165, 1.54) is 12.1 Å². The zero-order valence-corrected chi connectivity index (χ0v) is 21.2. The fourth-order valence-corrected chi connectivity index (χ4v) is 6.02. The first-order valence-electron chi connectivity index (χ1n) is 13.0. The van der Waals surface area contributed by atoms with Gasteiger partial charge in [-0.2, -0.15) is 5.10 Å². The Morgan fingerprint density at radius 3 is 2.44 bits per heavy atom. The normalized spacial score (nSPS) is 22.6. The number of carbonyl (C=O) groups excluding carboxylic acids is 2. The summed E-state index contributed by atoms with van der Waals surface area (Å²) in [6.07, 6.45) is 0.0138. The molecule has 1 aliphatic heterocycles. The Bertz CT molecular complexity index is 1250. The largest absolute Gasteiger partial charge is 0.573 e. The SMILES string of the molecule is NN/N=C(\N)CCC(=O)N(C1CC1)C1c2ccccc2N(C(=O)c2ccc(OC(F)(F)F)cc2)C2CCCC21. The number of hydrazine groups is 1. The molecule has 2 aromatic rings. The van der Waals surface area contributed by atoms with E-state index >= 15 is 0 Å². The number of benzene rings is 2. The Kier molecular flexibility index (Phi) is 7.39. The number of fused-ring (bicyclic) bond motifs is 2. The molecule has 1 heterocycles. The third-order valence-electron chi connectivity index (χ3n) is 7.67. The minimum absolute atomic E-state index is 0.0156. The number of anilines is 1. The van der Waals surface area contributed by atoms with Crippen molar-refractivity contribution in [2.75, 3.05) is 4.90 Å². The standard InChI is InChI=1S/C27H31F3N6O3/c28-27(29,30)39-18-12-8-16(9-13-18)26(38)36-21-6-2-1-4-19(21)25(20-5-3-7-22(20)36)35(17-10-11-17)24(37)15-14-23(31)33-34-32/h1-2,4,6,8-9,12-13,17,20,22,25,34H,3,5,7,10-11,14-15,32H2,(H2,31,33). The first-order valence-corrected chi connectivity index (χ1v) is 13.0. The summed E-state index contributed by atoms with van der Waals surface area (Å²) in [5.41, 5.74) is 9.87. The summed E-state index contributed by atoms with van der Waals surface area (Å²) in [6, 6.07) is 12.4. The number of halogens is 3. The molecule has 0 radical (unpaired) electrons. The second-order valence-corrected chi connectivity index (χ2v) is 10.2. The molecule has 9 nitrogen and oxygen atoms in total. The smallest absolute Gasteiger partial charge is 0.406 e. The Morgan fingerprint density at radius 2 is 1.77 bits per heavy atom. The van der Waals surface area contributed by atoms with Crippen LogP contribution in [0, 0.1) is 5.92 Å². The Hall–Kier alpha value is -3.80. The van der Waals surface area contributed by atoms with Gasteiger partial charge in [-0.25, -0.2) is 11.4 Å². The van der Waals surface area contributed by atoms with Crippen molar-refractivity contribution in [3.63, 3.8) is 0 Å². The number of amides is 2. The maximum absolute atomic E-state index is 13.8. The van der Waals surface area contributed by atoms with Crippen molar-refractivity contribution in [1.29, 1.82) is 0 Å². The Morgan fingerprint density at radius 1 is 1.05 bits per heavy atom. The van der Waals surface area contributed by atoms with Crippen molar-refractivity contribution in [3.8, 4) is 5.75 Å². The van der Waals surface area contributed by atoms with Crippen LogP contribution >= 0.6 is 0 Å². The zero-order valence-electron chi connectivity index (χ0n) is 21.2. The van der Waals surface area contributed by atoms with Gasteiger partial charge in [0.1, 0.15) is 11.6 Å². The van der Waals surface area contributed by atoms with Gasteiger partial charge in [0.05, 0.1) is 6.04 Å². The first-order chi connectivity index (χ1) is 18.7. The molecule has 2 aromatic carbocycles. The zero-order chi connectivity index (χ0) is 27.7. The molecular weight excluding hydrogens is 513 g/mol. The summed E-state index contributed by atoms with van der Waals surface area (Å²) >= 11 is 0. The van der Waals surface area contributed by atoms with Crippen molar-refractivity contribution >= 4 is 23.3 Å². The molecule has 2 fully saturated rings. The monoisotopic (exact) mass is 544 g/mol. The van der Waals surface area contributed by atoms with Crippen molar-refractivity contribution in [2.45, 2.75) is 69.4 Å². The van der Waals surface area contributed by atoms with Gasteiger partial charge in [-0.15, -0.1) is 13.2 Å². The van der Waals surface area contributed by atoms with Crippen molar-refractivity contribution in [2.24, 2.45) is 22.6 Å². The van der Waals surface area contributed by atoms with Crippen molar-refractivity contribution in [3.05, 3.63) is 59.7 Å². The Labute approximate surface area is 223 Å². The van der Waals surface area contributed by atoms with E-state index in [-0.39, 0.29) is 65.8 Å². The Balaban J connectivity index is 1.46. The third kappa shape index (κ3) is 5.65. The molecule has 39 heavy (non-hydrogen) atoms. The van der Waals surface area contributed by atoms with Crippen LogP contribution in [0.5, 0.6) is 5.75 Å². The highest BCUT2D eigenvalue weighted by atomic mass is 19.4. The van der Waals surface area contributed by atoms with Crippen molar-refractivity contribution in [1.82, 2.24) is 10.4 Å². The number of nitrogens with two attached hydrogens (primary N) is 2. The van der Waals surface area contributed by atoms with Crippen LogP contribution in [-0.4, -0.2) is 41.0 Å². The molecule has 3 atom stereocenters. The van der Waals surface area contributed by atoms with E-state index in [1.807, 2.05) is 29.2 Å². The van der Waals surface area contributed by atoms with Crippen LogP contribution in [0.15, 0.2) is 53.6 Å². The number of carbonyl (C=O) groups is 2. The van der Waals surface area contributed by atoms with Crippen LogP contribution < -0.4 is 26.7 Å². The molecule has 2 aliphatic carbocycles. The van der Waals surface area contributed by atoms with Crippen LogP contribution in [-0.2, 0) is 4.79 Å². The molecule has 5 rings (SSSR count). The van der Waals surface area contributed by atoms with Gasteiger partial charge in [-0.1, -0.05) is 24.6 Å².